The predicted octanol–water partition coefficient (Wildman–Crippen LogP) is 1.99. The molecular formula is C14H17NO2. The lowest BCUT2D eigenvalue weighted by Gasteiger charge is -2.12. The van der Waals surface area contributed by atoms with E-state index in [0.717, 1.165) is 25.0 Å². The first-order valence-electron chi connectivity index (χ1n) is 5.91. The topological polar surface area (TPSA) is 38.3 Å². The second kappa shape index (κ2) is 5.64. The number of ether oxygens (including phenoxy) is 1. The van der Waals surface area contributed by atoms with Gasteiger partial charge in [-0.1, -0.05) is 36.9 Å². The summed E-state index contributed by atoms with van der Waals surface area (Å²) < 4.78 is 5.44. The number of carbonyl (C=O) groups is 1. The van der Waals surface area contributed by atoms with Crippen LogP contribution < -0.4 is 5.32 Å². The van der Waals surface area contributed by atoms with Crippen LogP contribution in [-0.2, 0) is 9.53 Å². The SMILES string of the molecule is C=C(C(=O)NCC1CCCO1)c1ccccc1. The maximum Gasteiger partial charge on any atom is 0.251 e. The van der Waals surface area contributed by atoms with E-state index in [-0.39, 0.29) is 12.0 Å². The van der Waals surface area contributed by atoms with Crippen LogP contribution in [0.5, 0.6) is 0 Å². The molecule has 0 radical (unpaired) electrons. The molecule has 3 heteroatoms. The second-order valence-corrected chi connectivity index (χ2v) is 4.19. The molecule has 0 bridgehead atoms. The third-order valence-corrected chi connectivity index (χ3v) is 2.91. The Balaban J connectivity index is 1.85. The van der Waals surface area contributed by atoms with Crippen molar-refractivity contribution in [3.05, 3.63) is 42.5 Å². The minimum absolute atomic E-state index is 0.119. The summed E-state index contributed by atoms with van der Waals surface area (Å²) in [6, 6.07) is 9.48. The molecule has 1 heterocycles. The van der Waals surface area contributed by atoms with E-state index in [1.807, 2.05) is 30.3 Å². The van der Waals surface area contributed by atoms with E-state index in [1.54, 1.807) is 0 Å². The number of benzene rings is 1. The summed E-state index contributed by atoms with van der Waals surface area (Å²) in [5.41, 5.74) is 1.36. The molecule has 1 unspecified atom stereocenters. The van der Waals surface area contributed by atoms with Crippen molar-refractivity contribution in [2.75, 3.05) is 13.2 Å². The van der Waals surface area contributed by atoms with Gasteiger partial charge in [0.25, 0.3) is 5.91 Å². The average molecular weight is 231 g/mol. The van der Waals surface area contributed by atoms with Crippen molar-refractivity contribution in [3.8, 4) is 0 Å². The number of carbonyl (C=O) groups excluding carboxylic acids is 1. The molecule has 1 aromatic rings. The largest absolute Gasteiger partial charge is 0.376 e. The number of nitrogens with one attached hydrogen (secondary N) is 1. The van der Waals surface area contributed by atoms with Crippen molar-refractivity contribution >= 4 is 11.5 Å². The predicted molar refractivity (Wildman–Crippen MR) is 67.5 cm³/mol. The molecule has 1 aliphatic heterocycles. The van der Waals surface area contributed by atoms with E-state index in [1.165, 1.54) is 0 Å². The molecule has 1 N–H and O–H groups in total. The number of hydrogen-bond acceptors (Lipinski definition) is 2. The zero-order chi connectivity index (χ0) is 12.1. The summed E-state index contributed by atoms with van der Waals surface area (Å²) in [5, 5.41) is 2.86. The lowest BCUT2D eigenvalue weighted by molar-refractivity contribution is -0.116. The van der Waals surface area contributed by atoms with Gasteiger partial charge in [0.2, 0.25) is 0 Å². The first-order valence-corrected chi connectivity index (χ1v) is 5.91. The Bertz CT molecular complexity index is 394. The molecule has 1 aliphatic rings. The number of rotatable bonds is 4. The molecule has 1 aromatic carbocycles. The van der Waals surface area contributed by atoms with Crippen LogP contribution >= 0.6 is 0 Å². The lowest BCUT2D eigenvalue weighted by atomic mass is 10.1. The summed E-state index contributed by atoms with van der Waals surface area (Å²) in [4.78, 5) is 11.8. The standard InChI is InChI=1S/C14H17NO2/c1-11(12-6-3-2-4-7-12)14(16)15-10-13-8-5-9-17-13/h2-4,6-7,13H,1,5,8-10H2,(H,15,16). The highest BCUT2D eigenvalue weighted by Crippen LogP contribution is 2.13. The normalized spacial score (nSPS) is 18.9. The summed E-state index contributed by atoms with van der Waals surface area (Å²) in [5.74, 6) is -0.119. The van der Waals surface area contributed by atoms with Crippen LogP contribution in [0, 0.1) is 0 Å². The van der Waals surface area contributed by atoms with E-state index in [0.29, 0.717) is 12.1 Å². The molecule has 1 saturated heterocycles. The van der Waals surface area contributed by atoms with Gasteiger partial charge in [-0.25, -0.2) is 0 Å². The van der Waals surface area contributed by atoms with Gasteiger partial charge in [-0.2, -0.15) is 0 Å². The molecule has 1 atom stereocenters. The van der Waals surface area contributed by atoms with Crippen molar-refractivity contribution in [3.63, 3.8) is 0 Å². The van der Waals surface area contributed by atoms with Crippen molar-refractivity contribution < 1.29 is 9.53 Å². The zero-order valence-corrected chi connectivity index (χ0v) is 9.82. The van der Waals surface area contributed by atoms with Crippen LogP contribution in [0.3, 0.4) is 0 Å². The van der Waals surface area contributed by atoms with Crippen LogP contribution in [0.25, 0.3) is 5.57 Å². The Kier molecular flexibility index (Phi) is 3.94. The molecular weight excluding hydrogens is 214 g/mol. The minimum Gasteiger partial charge on any atom is -0.376 e. The fourth-order valence-corrected chi connectivity index (χ4v) is 1.89. The van der Waals surface area contributed by atoms with Gasteiger partial charge in [-0.15, -0.1) is 0 Å². The lowest BCUT2D eigenvalue weighted by Crippen LogP contribution is -2.32. The molecule has 90 valence electrons. The molecule has 3 nitrogen and oxygen atoms in total. The van der Waals surface area contributed by atoms with E-state index < -0.39 is 0 Å². The van der Waals surface area contributed by atoms with Crippen LogP contribution in [0.1, 0.15) is 18.4 Å². The van der Waals surface area contributed by atoms with Gasteiger partial charge in [-0.05, 0) is 18.4 Å². The third kappa shape index (κ3) is 3.17. The van der Waals surface area contributed by atoms with Gasteiger partial charge in [0.05, 0.1) is 6.10 Å². The smallest absolute Gasteiger partial charge is 0.251 e. The first-order chi connectivity index (χ1) is 8.27. The Morgan fingerprint density at radius 3 is 2.82 bits per heavy atom. The molecule has 0 saturated carbocycles. The van der Waals surface area contributed by atoms with Crippen molar-refractivity contribution in [1.82, 2.24) is 5.32 Å². The van der Waals surface area contributed by atoms with Crippen molar-refractivity contribution in [2.45, 2.75) is 18.9 Å². The van der Waals surface area contributed by atoms with Crippen LogP contribution in [0.4, 0.5) is 0 Å². The van der Waals surface area contributed by atoms with E-state index in [9.17, 15) is 4.79 Å². The Morgan fingerprint density at radius 1 is 1.41 bits per heavy atom. The Morgan fingerprint density at radius 2 is 2.18 bits per heavy atom. The van der Waals surface area contributed by atoms with E-state index >= 15 is 0 Å². The molecule has 0 aromatic heterocycles. The first kappa shape index (κ1) is 11.9. The van der Waals surface area contributed by atoms with Gasteiger partial charge < -0.3 is 10.1 Å². The molecule has 17 heavy (non-hydrogen) atoms. The van der Waals surface area contributed by atoms with Crippen LogP contribution in [-0.4, -0.2) is 25.2 Å². The maximum atomic E-state index is 11.8. The molecule has 2 rings (SSSR count). The molecule has 1 fully saturated rings. The minimum atomic E-state index is -0.119. The highest BCUT2D eigenvalue weighted by atomic mass is 16.5. The molecule has 0 spiro atoms. The summed E-state index contributed by atoms with van der Waals surface area (Å²) in [7, 11) is 0. The van der Waals surface area contributed by atoms with Gasteiger partial charge >= 0.3 is 0 Å². The van der Waals surface area contributed by atoms with Crippen molar-refractivity contribution in [2.24, 2.45) is 0 Å². The van der Waals surface area contributed by atoms with Gasteiger partial charge in [-0.3, -0.25) is 4.79 Å². The highest BCUT2D eigenvalue weighted by Gasteiger charge is 2.17. The van der Waals surface area contributed by atoms with Gasteiger partial charge in [0, 0.05) is 18.7 Å². The number of amides is 1. The summed E-state index contributed by atoms with van der Waals surface area (Å²) in [6.07, 6.45) is 2.28. The second-order valence-electron chi connectivity index (χ2n) is 4.19. The quantitative estimate of drug-likeness (QED) is 0.805. The van der Waals surface area contributed by atoms with E-state index in [2.05, 4.69) is 11.9 Å². The fourth-order valence-electron chi connectivity index (χ4n) is 1.89. The maximum absolute atomic E-state index is 11.8. The summed E-state index contributed by atoms with van der Waals surface area (Å²) >= 11 is 0. The average Bonchev–Trinajstić information content (AvgIpc) is 2.89. The van der Waals surface area contributed by atoms with Gasteiger partial charge in [0.1, 0.15) is 0 Å². The van der Waals surface area contributed by atoms with Crippen LogP contribution in [0.2, 0.25) is 0 Å². The molecule has 0 aliphatic carbocycles. The summed E-state index contributed by atoms with van der Waals surface area (Å²) in [6.45, 7) is 5.20. The Labute approximate surface area is 101 Å². The Hall–Kier alpha value is -1.61. The number of hydrogen-bond donors (Lipinski definition) is 1. The zero-order valence-electron chi connectivity index (χ0n) is 9.82. The van der Waals surface area contributed by atoms with Crippen molar-refractivity contribution in [1.29, 1.82) is 0 Å². The third-order valence-electron chi connectivity index (χ3n) is 2.91. The van der Waals surface area contributed by atoms with Gasteiger partial charge in [0.15, 0.2) is 0 Å². The molecule has 1 amide bonds. The highest BCUT2D eigenvalue weighted by molar-refractivity contribution is 6.18. The monoisotopic (exact) mass is 231 g/mol. The van der Waals surface area contributed by atoms with Crippen LogP contribution in [0.15, 0.2) is 36.9 Å². The fraction of sp³-hybridized carbons (Fsp3) is 0.357. The van der Waals surface area contributed by atoms with E-state index in [4.69, 9.17) is 4.74 Å².